The number of carboxylic acids is 1. The third kappa shape index (κ3) is 2.99. The molecule has 0 saturated carbocycles. The quantitative estimate of drug-likeness (QED) is 0.890. The first kappa shape index (κ1) is 15.3. The minimum absolute atomic E-state index is 0.0489. The van der Waals surface area contributed by atoms with E-state index >= 15 is 0 Å². The minimum Gasteiger partial charge on any atom is -0.482 e. The fourth-order valence-electron chi connectivity index (χ4n) is 3.07. The molecule has 7 heteroatoms. The van der Waals surface area contributed by atoms with Crippen LogP contribution in [-0.2, 0) is 14.4 Å². The fourth-order valence-corrected chi connectivity index (χ4v) is 3.07. The van der Waals surface area contributed by atoms with Crippen molar-refractivity contribution in [3.8, 4) is 5.75 Å². The summed E-state index contributed by atoms with van der Waals surface area (Å²) in [5, 5.41) is 9.15. The van der Waals surface area contributed by atoms with Crippen molar-refractivity contribution >= 4 is 23.5 Å². The molecular formula is C16H18N2O5. The summed E-state index contributed by atoms with van der Waals surface area (Å²) in [5.41, 5.74) is 0.646. The summed E-state index contributed by atoms with van der Waals surface area (Å²) < 4.78 is 5.36. The van der Waals surface area contributed by atoms with Crippen molar-refractivity contribution in [2.24, 2.45) is 0 Å². The Morgan fingerprint density at radius 2 is 2.09 bits per heavy atom. The standard InChI is InChI=1S/C16H18N2O5/c19-14(17-8-3-5-12(17)16(21)22)7-9-18-11-4-1-2-6-13(11)23-10-15(18)20/h1-2,4,6,12H,3,5,7-10H2,(H,21,22)/t12-/m1/s1. The number of anilines is 1. The minimum atomic E-state index is -0.969. The lowest BCUT2D eigenvalue weighted by atomic mass is 10.2. The van der Waals surface area contributed by atoms with Gasteiger partial charge >= 0.3 is 5.97 Å². The number of rotatable bonds is 4. The number of para-hydroxylation sites is 2. The van der Waals surface area contributed by atoms with E-state index in [4.69, 9.17) is 9.84 Å². The van der Waals surface area contributed by atoms with Crippen LogP contribution in [0, 0.1) is 0 Å². The van der Waals surface area contributed by atoms with Gasteiger partial charge in [0, 0.05) is 19.5 Å². The Bertz CT molecular complexity index is 645. The highest BCUT2D eigenvalue weighted by Gasteiger charge is 2.34. The summed E-state index contributed by atoms with van der Waals surface area (Å²) in [6, 6.07) is 6.43. The van der Waals surface area contributed by atoms with Gasteiger partial charge in [-0.25, -0.2) is 4.79 Å². The van der Waals surface area contributed by atoms with Gasteiger partial charge in [0.15, 0.2) is 6.61 Å². The molecule has 2 amide bonds. The molecule has 2 aliphatic heterocycles. The van der Waals surface area contributed by atoms with Crippen molar-refractivity contribution in [1.29, 1.82) is 0 Å². The zero-order valence-electron chi connectivity index (χ0n) is 12.6. The number of carboxylic acid groups (broad SMARTS) is 1. The topological polar surface area (TPSA) is 87.2 Å². The molecule has 3 rings (SSSR count). The molecule has 1 fully saturated rings. The van der Waals surface area contributed by atoms with Crippen LogP contribution in [0.1, 0.15) is 19.3 Å². The predicted molar refractivity (Wildman–Crippen MR) is 81.3 cm³/mol. The summed E-state index contributed by atoms with van der Waals surface area (Å²) in [6.07, 6.45) is 1.28. The SMILES string of the molecule is O=C(O)[C@H]1CCCN1C(=O)CCN1C(=O)COc2ccccc21. The lowest BCUT2D eigenvalue weighted by molar-refractivity contribution is -0.148. The lowest BCUT2D eigenvalue weighted by Gasteiger charge is -2.30. The molecule has 0 aromatic heterocycles. The van der Waals surface area contributed by atoms with E-state index in [1.807, 2.05) is 6.07 Å². The normalized spacial score (nSPS) is 20.2. The first-order valence-corrected chi connectivity index (χ1v) is 7.62. The molecule has 0 bridgehead atoms. The van der Waals surface area contributed by atoms with E-state index in [1.54, 1.807) is 18.2 Å². The number of amides is 2. The molecule has 0 aliphatic carbocycles. The number of likely N-dealkylation sites (tertiary alicyclic amines) is 1. The van der Waals surface area contributed by atoms with Gasteiger partial charge in [-0.3, -0.25) is 9.59 Å². The number of aliphatic carboxylic acids is 1. The van der Waals surface area contributed by atoms with Gasteiger partial charge in [0.25, 0.3) is 5.91 Å². The Morgan fingerprint density at radius 3 is 2.87 bits per heavy atom. The summed E-state index contributed by atoms with van der Waals surface area (Å²) >= 11 is 0. The van der Waals surface area contributed by atoms with Crippen LogP contribution in [0.2, 0.25) is 0 Å². The third-order valence-electron chi connectivity index (χ3n) is 4.22. The molecule has 0 radical (unpaired) electrons. The number of nitrogens with zero attached hydrogens (tertiary/aromatic N) is 2. The average Bonchev–Trinajstić information content (AvgIpc) is 3.03. The predicted octanol–water partition coefficient (Wildman–Crippen LogP) is 0.878. The molecule has 122 valence electrons. The van der Waals surface area contributed by atoms with E-state index in [1.165, 1.54) is 9.80 Å². The van der Waals surface area contributed by atoms with Gasteiger partial charge in [0.05, 0.1) is 5.69 Å². The first-order valence-electron chi connectivity index (χ1n) is 7.62. The first-order chi connectivity index (χ1) is 11.1. The highest BCUT2D eigenvalue weighted by atomic mass is 16.5. The lowest BCUT2D eigenvalue weighted by Crippen LogP contribution is -2.44. The van der Waals surface area contributed by atoms with Gasteiger partial charge in [-0.2, -0.15) is 0 Å². The van der Waals surface area contributed by atoms with Crippen LogP contribution < -0.4 is 9.64 Å². The second-order valence-electron chi connectivity index (χ2n) is 5.64. The maximum absolute atomic E-state index is 12.3. The number of benzene rings is 1. The zero-order chi connectivity index (χ0) is 16.4. The van der Waals surface area contributed by atoms with E-state index in [0.717, 1.165) is 0 Å². The van der Waals surface area contributed by atoms with Gasteiger partial charge < -0.3 is 19.6 Å². The Kier molecular flexibility index (Phi) is 4.18. The second-order valence-corrected chi connectivity index (χ2v) is 5.64. The molecule has 1 aromatic rings. The van der Waals surface area contributed by atoms with Gasteiger partial charge in [0.2, 0.25) is 5.91 Å². The second kappa shape index (κ2) is 6.28. The number of ether oxygens (including phenoxy) is 1. The fraction of sp³-hybridized carbons (Fsp3) is 0.438. The molecule has 0 spiro atoms. The average molecular weight is 318 g/mol. The molecular weight excluding hydrogens is 300 g/mol. The molecule has 1 saturated heterocycles. The van der Waals surface area contributed by atoms with Crippen LogP contribution in [0.4, 0.5) is 5.69 Å². The van der Waals surface area contributed by atoms with Crippen molar-refractivity contribution in [3.63, 3.8) is 0 Å². The molecule has 2 heterocycles. The summed E-state index contributed by atoms with van der Waals surface area (Å²) in [7, 11) is 0. The summed E-state index contributed by atoms with van der Waals surface area (Å²) in [4.78, 5) is 38.5. The zero-order valence-corrected chi connectivity index (χ0v) is 12.6. The molecule has 7 nitrogen and oxygen atoms in total. The molecule has 0 unspecified atom stereocenters. The van der Waals surface area contributed by atoms with Crippen molar-refractivity contribution < 1.29 is 24.2 Å². The Hall–Kier alpha value is -2.57. The van der Waals surface area contributed by atoms with Crippen molar-refractivity contribution in [1.82, 2.24) is 4.90 Å². The number of carbonyl (C=O) groups excluding carboxylic acids is 2. The number of fused-ring (bicyclic) bond motifs is 1. The molecule has 1 N–H and O–H groups in total. The summed E-state index contributed by atoms with van der Waals surface area (Å²) in [5.74, 6) is -0.785. The molecule has 1 atom stereocenters. The maximum Gasteiger partial charge on any atom is 0.326 e. The van der Waals surface area contributed by atoms with Crippen LogP contribution in [0.5, 0.6) is 5.75 Å². The van der Waals surface area contributed by atoms with Crippen LogP contribution in [0.3, 0.4) is 0 Å². The Labute approximate surface area is 133 Å². The van der Waals surface area contributed by atoms with Gasteiger partial charge in [-0.1, -0.05) is 12.1 Å². The van der Waals surface area contributed by atoms with E-state index < -0.39 is 12.0 Å². The number of carbonyl (C=O) groups is 3. The van der Waals surface area contributed by atoms with Crippen LogP contribution in [0.25, 0.3) is 0 Å². The van der Waals surface area contributed by atoms with Gasteiger partial charge in [-0.05, 0) is 25.0 Å². The van der Waals surface area contributed by atoms with E-state index in [0.29, 0.717) is 30.8 Å². The highest BCUT2D eigenvalue weighted by molar-refractivity contribution is 5.98. The van der Waals surface area contributed by atoms with Crippen LogP contribution >= 0.6 is 0 Å². The molecule has 2 aliphatic rings. The van der Waals surface area contributed by atoms with E-state index in [2.05, 4.69) is 0 Å². The number of hydrogen-bond donors (Lipinski definition) is 1. The highest BCUT2D eigenvalue weighted by Crippen LogP contribution is 2.31. The summed E-state index contributed by atoms with van der Waals surface area (Å²) in [6.45, 7) is 0.636. The van der Waals surface area contributed by atoms with Crippen molar-refractivity contribution in [2.45, 2.75) is 25.3 Å². The molecule has 1 aromatic carbocycles. The third-order valence-corrected chi connectivity index (χ3v) is 4.22. The monoisotopic (exact) mass is 318 g/mol. The maximum atomic E-state index is 12.3. The van der Waals surface area contributed by atoms with Gasteiger partial charge in [0.1, 0.15) is 11.8 Å². The van der Waals surface area contributed by atoms with E-state index in [9.17, 15) is 14.4 Å². The molecule has 23 heavy (non-hydrogen) atoms. The van der Waals surface area contributed by atoms with Gasteiger partial charge in [-0.15, -0.1) is 0 Å². The number of hydrogen-bond acceptors (Lipinski definition) is 4. The largest absolute Gasteiger partial charge is 0.482 e. The smallest absolute Gasteiger partial charge is 0.326 e. The van der Waals surface area contributed by atoms with Crippen molar-refractivity contribution in [3.05, 3.63) is 24.3 Å². The Balaban J connectivity index is 1.67. The Morgan fingerprint density at radius 1 is 1.30 bits per heavy atom. The van der Waals surface area contributed by atoms with Crippen LogP contribution in [-0.4, -0.2) is 53.5 Å². The van der Waals surface area contributed by atoms with E-state index in [-0.39, 0.29) is 31.4 Å². The van der Waals surface area contributed by atoms with Crippen molar-refractivity contribution in [2.75, 3.05) is 24.6 Å². The van der Waals surface area contributed by atoms with Crippen LogP contribution in [0.15, 0.2) is 24.3 Å².